The van der Waals surface area contributed by atoms with Crippen molar-refractivity contribution in [1.29, 1.82) is 0 Å². The molecular weight excluding hydrogens is 356 g/mol. The first-order valence-corrected chi connectivity index (χ1v) is 10.2. The van der Waals surface area contributed by atoms with E-state index >= 15 is 0 Å². The van der Waals surface area contributed by atoms with Gasteiger partial charge in [-0.25, -0.2) is 0 Å². The van der Waals surface area contributed by atoms with E-state index in [9.17, 15) is 5.11 Å². The summed E-state index contributed by atoms with van der Waals surface area (Å²) in [5.41, 5.74) is 1.51. The van der Waals surface area contributed by atoms with E-state index in [4.69, 9.17) is 18.9 Å². The van der Waals surface area contributed by atoms with Crippen LogP contribution in [0.1, 0.15) is 39.5 Å². The molecule has 1 spiro atoms. The Morgan fingerprint density at radius 3 is 2.57 bits per heavy atom. The number of methoxy groups -OCH3 is 3. The Balaban J connectivity index is 2.13. The van der Waals surface area contributed by atoms with Crippen molar-refractivity contribution >= 4 is 0 Å². The Hall–Kier alpha value is -0.980. The topological polar surface area (TPSA) is 57.2 Å². The fraction of sp³-hybridized carbons (Fsp3) is 0.739. The Bertz CT molecular complexity index is 643. The van der Waals surface area contributed by atoms with Crippen LogP contribution in [0.5, 0.6) is 0 Å². The van der Waals surface area contributed by atoms with Crippen LogP contribution in [0.15, 0.2) is 36.5 Å². The highest BCUT2D eigenvalue weighted by Crippen LogP contribution is 2.67. The maximum Gasteiger partial charge on any atom is 0.183 e. The molecule has 5 heteroatoms. The minimum absolute atomic E-state index is 0.0375. The molecule has 1 N–H and O–H groups in total. The third-order valence-electron chi connectivity index (χ3n) is 7.83. The van der Waals surface area contributed by atoms with Crippen LogP contribution in [-0.4, -0.2) is 51.2 Å². The monoisotopic (exact) mass is 392 g/mol. The molecule has 158 valence electrons. The first kappa shape index (κ1) is 21.7. The van der Waals surface area contributed by atoms with Gasteiger partial charge in [-0.3, -0.25) is 0 Å². The second-order valence-corrected chi connectivity index (χ2v) is 8.91. The predicted molar refractivity (Wildman–Crippen MR) is 109 cm³/mol. The van der Waals surface area contributed by atoms with Crippen molar-refractivity contribution in [3.63, 3.8) is 0 Å². The highest BCUT2D eigenvalue weighted by Gasteiger charge is 2.70. The quantitative estimate of drug-likeness (QED) is 0.527. The van der Waals surface area contributed by atoms with Gasteiger partial charge in [0.05, 0.1) is 17.6 Å². The second kappa shape index (κ2) is 8.04. The Labute approximate surface area is 169 Å². The second-order valence-electron chi connectivity index (χ2n) is 8.91. The summed E-state index contributed by atoms with van der Waals surface area (Å²) in [7, 11) is 5.08. The fourth-order valence-electron chi connectivity index (χ4n) is 6.12. The SMILES string of the molecule is C=CC(=C)CC[C@]1(C)[C@H](C)C[C@H](OC)[C@@]23C(=C[C@@H](O)C[C@@H]12)[C@@H](OC)O[C@H]3OC. The minimum Gasteiger partial charge on any atom is -0.389 e. The average molecular weight is 393 g/mol. The van der Waals surface area contributed by atoms with Gasteiger partial charge in [0.2, 0.25) is 0 Å². The molecule has 8 atom stereocenters. The fourth-order valence-corrected chi connectivity index (χ4v) is 6.12. The number of hydrogen-bond donors (Lipinski definition) is 1. The lowest BCUT2D eigenvalue weighted by molar-refractivity contribution is -0.257. The molecule has 1 heterocycles. The van der Waals surface area contributed by atoms with Gasteiger partial charge >= 0.3 is 0 Å². The van der Waals surface area contributed by atoms with E-state index in [1.807, 2.05) is 12.2 Å². The molecule has 0 amide bonds. The first-order chi connectivity index (χ1) is 13.3. The van der Waals surface area contributed by atoms with Crippen molar-refractivity contribution < 1.29 is 24.1 Å². The third-order valence-corrected chi connectivity index (χ3v) is 7.83. The summed E-state index contributed by atoms with van der Waals surface area (Å²) in [6, 6.07) is 0. The van der Waals surface area contributed by atoms with Crippen molar-refractivity contribution in [2.75, 3.05) is 21.3 Å². The molecule has 1 saturated heterocycles. The van der Waals surface area contributed by atoms with Crippen LogP contribution in [0.3, 0.4) is 0 Å². The van der Waals surface area contributed by atoms with Gasteiger partial charge in [-0.1, -0.05) is 44.7 Å². The normalized spacial score (nSPS) is 45.1. The van der Waals surface area contributed by atoms with Gasteiger partial charge in [-0.2, -0.15) is 0 Å². The van der Waals surface area contributed by atoms with Crippen LogP contribution in [0.25, 0.3) is 0 Å². The van der Waals surface area contributed by atoms with E-state index in [1.54, 1.807) is 21.3 Å². The molecule has 0 bridgehead atoms. The smallest absolute Gasteiger partial charge is 0.183 e. The van der Waals surface area contributed by atoms with Gasteiger partial charge in [0, 0.05) is 21.3 Å². The number of rotatable bonds is 7. The number of ether oxygens (including phenoxy) is 4. The lowest BCUT2D eigenvalue weighted by Crippen LogP contribution is -2.63. The van der Waals surface area contributed by atoms with Crippen LogP contribution < -0.4 is 0 Å². The maximum absolute atomic E-state index is 10.8. The molecular formula is C23H36O5. The zero-order valence-corrected chi connectivity index (χ0v) is 17.9. The molecule has 2 aliphatic carbocycles. The lowest BCUT2D eigenvalue weighted by Gasteiger charge is -2.61. The van der Waals surface area contributed by atoms with Crippen molar-refractivity contribution in [3.8, 4) is 0 Å². The van der Waals surface area contributed by atoms with Crippen LogP contribution >= 0.6 is 0 Å². The molecule has 5 nitrogen and oxygen atoms in total. The molecule has 3 rings (SSSR count). The van der Waals surface area contributed by atoms with Crippen LogP contribution in [0, 0.1) is 22.7 Å². The molecule has 0 unspecified atom stereocenters. The summed E-state index contributed by atoms with van der Waals surface area (Å²) in [5.74, 6) is 0.544. The molecule has 1 aliphatic heterocycles. The maximum atomic E-state index is 10.8. The van der Waals surface area contributed by atoms with E-state index < -0.39 is 24.1 Å². The van der Waals surface area contributed by atoms with E-state index in [1.165, 1.54) is 0 Å². The highest BCUT2D eigenvalue weighted by molar-refractivity contribution is 5.34. The molecule has 28 heavy (non-hydrogen) atoms. The summed E-state index contributed by atoms with van der Waals surface area (Å²) in [6.07, 6.45) is 5.56. The standard InChI is InChI=1S/C23H36O5/c1-8-14(2)9-10-22(4)15(3)11-19(25-5)23-17(12-16(24)13-18(22)23)20(26-6)28-21(23)27-7/h8,12,15-16,18-21,24H,1-2,9-11,13H2,3-7H3/t15-,16-,18+,19+,20+,21-,22-,23-/m1/s1. The third kappa shape index (κ3) is 3.03. The van der Waals surface area contributed by atoms with E-state index in [0.717, 1.165) is 30.4 Å². The number of allylic oxidation sites excluding steroid dienone is 2. The number of aliphatic hydroxyl groups excluding tert-OH is 1. The van der Waals surface area contributed by atoms with Crippen molar-refractivity contribution in [2.45, 2.75) is 64.3 Å². The average Bonchev–Trinajstić information content (AvgIpc) is 3.01. The van der Waals surface area contributed by atoms with Crippen molar-refractivity contribution in [3.05, 3.63) is 36.5 Å². The summed E-state index contributed by atoms with van der Waals surface area (Å²) in [5, 5.41) is 10.8. The van der Waals surface area contributed by atoms with E-state index in [0.29, 0.717) is 12.3 Å². The van der Waals surface area contributed by atoms with Gasteiger partial charge in [0.1, 0.15) is 0 Å². The lowest BCUT2D eigenvalue weighted by atomic mass is 9.45. The molecule has 0 aromatic rings. The van der Waals surface area contributed by atoms with Crippen LogP contribution in [0.2, 0.25) is 0 Å². The summed E-state index contributed by atoms with van der Waals surface area (Å²) < 4.78 is 23.8. The van der Waals surface area contributed by atoms with Crippen LogP contribution in [-0.2, 0) is 18.9 Å². The van der Waals surface area contributed by atoms with E-state index in [-0.39, 0.29) is 17.4 Å². The van der Waals surface area contributed by atoms with Gasteiger partial charge in [0.25, 0.3) is 0 Å². The van der Waals surface area contributed by atoms with Gasteiger partial charge in [-0.15, -0.1) is 0 Å². The molecule has 2 fully saturated rings. The number of hydrogen-bond acceptors (Lipinski definition) is 5. The van der Waals surface area contributed by atoms with E-state index in [2.05, 4.69) is 27.0 Å². The van der Waals surface area contributed by atoms with Crippen LogP contribution in [0.4, 0.5) is 0 Å². The molecule has 1 saturated carbocycles. The zero-order valence-electron chi connectivity index (χ0n) is 17.9. The Kier molecular flexibility index (Phi) is 6.23. The zero-order chi connectivity index (χ0) is 20.7. The highest BCUT2D eigenvalue weighted by atomic mass is 16.8. The Morgan fingerprint density at radius 2 is 2.00 bits per heavy atom. The molecule has 0 aromatic heterocycles. The summed E-state index contributed by atoms with van der Waals surface area (Å²) >= 11 is 0. The van der Waals surface area contributed by atoms with Crippen molar-refractivity contribution in [1.82, 2.24) is 0 Å². The summed E-state index contributed by atoms with van der Waals surface area (Å²) in [4.78, 5) is 0. The first-order valence-electron chi connectivity index (χ1n) is 10.2. The van der Waals surface area contributed by atoms with Crippen molar-refractivity contribution in [2.24, 2.45) is 22.7 Å². The predicted octanol–water partition coefficient (Wildman–Crippen LogP) is 3.84. The van der Waals surface area contributed by atoms with Gasteiger partial charge in [-0.05, 0) is 48.5 Å². The summed E-state index contributed by atoms with van der Waals surface area (Å²) in [6.45, 7) is 12.6. The molecule has 3 aliphatic rings. The van der Waals surface area contributed by atoms with Gasteiger partial charge in [0.15, 0.2) is 12.6 Å². The molecule has 0 radical (unpaired) electrons. The molecule has 0 aromatic carbocycles. The van der Waals surface area contributed by atoms with Gasteiger partial charge < -0.3 is 24.1 Å². The minimum atomic E-state index is -0.533. The number of aliphatic hydroxyl groups is 1. The Morgan fingerprint density at radius 1 is 1.29 bits per heavy atom. The largest absolute Gasteiger partial charge is 0.389 e.